The highest BCUT2D eigenvalue weighted by molar-refractivity contribution is 4.92. The highest BCUT2D eigenvalue weighted by atomic mass is 15.3. The molecule has 2 N–H and O–H groups in total. The maximum atomic E-state index is 5.42. The summed E-state index contributed by atoms with van der Waals surface area (Å²) in [4.78, 5) is 4.41. The Balaban J connectivity index is 2.50. The van der Waals surface area contributed by atoms with Crippen LogP contribution in [0.15, 0.2) is 0 Å². The van der Waals surface area contributed by atoms with Crippen molar-refractivity contribution in [2.24, 2.45) is 12.8 Å². The predicted molar refractivity (Wildman–Crippen MR) is 52.4 cm³/mol. The molecule has 0 amide bonds. The summed E-state index contributed by atoms with van der Waals surface area (Å²) in [7, 11) is 1.95. The van der Waals surface area contributed by atoms with Gasteiger partial charge in [-0.15, -0.1) is 0 Å². The zero-order valence-corrected chi connectivity index (χ0v) is 8.45. The molecule has 0 radical (unpaired) electrons. The molecule has 0 aromatic carbocycles. The Bertz CT molecular complexity index is 254. The minimum absolute atomic E-state index is 0.762. The van der Waals surface area contributed by atoms with Crippen molar-refractivity contribution in [1.82, 2.24) is 14.8 Å². The summed E-state index contributed by atoms with van der Waals surface area (Å²) in [6.07, 6.45) is 4.06. The van der Waals surface area contributed by atoms with Crippen LogP contribution in [0.2, 0.25) is 0 Å². The molecule has 4 heteroatoms. The molecule has 0 spiro atoms. The molecule has 1 aromatic heterocycles. The van der Waals surface area contributed by atoms with Gasteiger partial charge in [0.05, 0.1) is 0 Å². The van der Waals surface area contributed by atoms with Crippen LogP contribution in [0.5, 0.6) is 0 Å². The first-order valence-corrected chi connectivity index (χ1v) is 4.86. The molecule has 0 bridgehead atoms. The first-order valence-electron chi connectivity index (χ1n) is 4.86. The van der Waals surface area contributed by atoms with E-state index in [9.17, 15) is 0 Å². The second-order valence-corrected chi connectivity index (χ2v) is 3.17. The van der Waals surface area contributed by atoms with Crippen LogP contribution in [-0.2, 0) is 19.9 Å². The Morgan fingerprint density at radius 2 is 2.15 bits per heavy atom. The number of aryl methyl sites for hydroxylation is 3. The largest absolute Gasteiger partial charge is 0.330 e. The lowest BCUT2D eigenvalue weighted by Crippen LogP contribution is -2.03. The molecule has 1 aromatic rings. The van der Waals surface area contributed by atoms with E-state index in [4.69, 9.17) is 5.73 Å². The van der Waals surface area contributed by atoms with E-state index in [1.807, 2.05) is 11.7 Å². The molecule has 0 atom stereocenters. The van der Waals surface area contributed by atoms with E-state index in [-0.39, 0.29) is 0 Å². The SMILES string of the molecule is CCc1nc(CCCCN)n(C)n1. The minimum atomic E-state index is 0.762. The van der Waals surface area contributed by atoms with Gasteiger partial charge in [-0.05, 0) is 19.4 Å². The molecule has 0 fully saturated rings. The van der Waals surface area contributed by atoms with Gasteiger partial charge in [0.2, 0.25) is 0 Å². The van der Waals surface area contributed by atoms with Gasteiger partial charge < -0.3 is 5.73 Å². The van der Waals surface area contributed by atoms with E-state index in [0.29, 0.717) is 0 Å². The predicted octanol–water partition coefficient (Wildman–Crippen LogP) is 0.659. The van der Waals surface area contributed by atoms with Gasteiger partial charge in [0.25, 0.3) is 0 Å². The van der Waals surface area contributed by atoms with Gasteiger partial charge in [0.1, 0.15) is 5.82 Å². The lowest BCUT2D eigenvalue weighted by molar-refractivity contribution is 0.651. The number of hydrogen-bond acceptors (Lipinski definition) is 3. The zero-order chi connectivity index (χ0) is 9.68. The van der Waals surface area contributed by atoms with Crippen LogP contribution in [0.3, 0.4) is 0 Å². The third-order valence-corrected chi connectivity index (χ3v) is 2.07. The molecule has 1 heterocycles. The van der Waals surface area contributed by atoms with Gasteiger partial charge in [0, 0.05) is 19.9 Å². The zero-order valence-electron chi connectivity index (χ0n) is 8.45. The van der Waals surface area contributed by atoms with Crippen molar-refractivity contribution in [2.75, 3.05) is 6.54 Å². The van der Waals surface area contributed by atoms with E-state index in [0.717, 1.165) is 43.9 Å². The van der Waals surface area contributed by atoms with Crippen LogP contribution in [0, 0.1) is 0 Å². The summed E-state index contributed by atoms with van der Waals surface area (Å²) >= 11 is 0. The van der Waals surface area contributed by atoms with Gasteiger partial charge in [-0.1, -0.05) is 6.92 Å². The first-order chi connectivity index (χ1) is 6.27. The highest BCUT2D eigenvalue weighted by Gasteiger charge is 2.04. The summed E-state index contributed by atoms with van der Waals surface area (Å²) in [5, 5.41) is 4.28. The molecule has 0 saturated heterocycles. The highest BCUT2D eigenvalue weighted by Crippen LogP contribution is 2.02. The first kappa shape index (κ1) is 10.2. The van der Waals surface area contributed by atoms with Crippen molar-refractivity contribution in [3.63, 3.8) is 0 Å². The van der Waals surface area contributed by atoms with E-state index >= 15 is 0 Å². The van der Waals surface area contributed by atoms with Crippen molar-refractivity contribution >= 4 is 0 Å². The Morgan fingerprint density at radius 3 is 2.69 bits per heavy atom. The number of unbranched alkanes of at least 4 members (excludes halogenated alkanes) is 1. The molecule has 0 aliphatic heterocycles. The van der Waals surface area contributed by atoms with Crippen molar-refractivity contribution in [2.45, 2.75) is 32.6 Å². The van der Waals surface area contributed by atoms with Crippen LogP contribution in [0.4, 0.5) is 0 Å². The second kappa shape index (κ2) is 4.97. The normalized spacial score (nSPS) is 10.7. The van der Waals surface area contributed by atoms with Crippen LogP contribution in [-0.4, -0.2) is 21.3 Å². The number of hydrogen-bond donors (Lipinski definition) is 1. The second-order valence-electron chi connectivity index (χ2n) is 3.17. The average Bonchev–Trinajstić information content (AvgIpc) is 2.48. The molecule has 0 unspecified atom stereocenters. The Hall–Kier alpha value is -0.900. The smallest absolute Gasteiger partial charge is 0.150 e. The van der Waals surface area contributed by atoms with E-state index < -0.39 is 0 Å². The maximum Gasteiger partial charge on any atom is 0.150 e. The number of aromatic nitrogens is 3. The summed E-state index contributed by atoms with van der Waals surface area (Å²) in [5.74, 6) is 2.01. The molecular formula is C9H18N4. The van der Waals surface area contributed by atoms with Crippen LogP contribution >= 0.6 is 0 Å². The molecule has 0 aliphatic carbocycles. The third kappa shape index (κ3) is 2.81. The van der Waals surface area contributed by atoms with Gasteiger partial charge in [0.15, 0.2) is 5.82 Å². The van der Waals surface area contributed by atoms with Gasteiger partial charge in [-0.3, -0.25) is 4.68 Å². The molecule has 74 valence electrons. The van der Waals surface area contributed by atoms with Crippen molar-refractivity contribution < 1.29 is 0 Å². The van der Waals surface area contributed by atoms with Crippen molar-refractivity contribution in [3.05, 3.63) is 11.6 Å². The fourth-order valence-electron chi connectivity index (χ4n) is 1.27. The van der Waals surface area contributed by atoms with Gasteiger partial charge in [-0.25, -0.2) is 4.98 Å². The number of nitrogens with zero attached hydrogens (tertiary/aromatic N) is 3. The van der Waals surface area contributed by atoms with Gasteiger partial charge in [-0.2, -0.15) is 5.10 Å². The number of nitrogens with two attached hydrogens (primary N) is 1. The molecular weight excluding hydrogens is 164 g/mol. The Labute approximate surface area is 79.2 Å². The summed E-state index contributed by atoms with van der Waals surface area (Å²) in [6.45, 7) is 2.83. The third-order valence-electron chi connectivity index (χ3n) is 2.07. The standard InChI is InChI=1S/C9H18N4/c1-3-8-11-9(13(2)12-8)6-4-5-7-10/h3-7,10H2,1-2H3. The summed E-state index contributed by atoms with van der Waals surface area (Å²) in [5.41, 5.74) is 5.42. The summed E-state index contributed by atoms with van der Waals surface area (Å²) < 4.78 is 1.87. The summed E-state index contributed by atoms with van der Waals surface area (Å²) in [6, 6.07) is 0. The lowest BCUT2D eigenvalue weighted by atomic mass is 10.2. The Kier molecular flexibility index (Phi) is 3.89. The maximum absolute atomic E-state index is 5.42. The Morgan fingerprint density at radius 1 is 1.38 bits per heavy atom. The topological polar surface area (TPSA) is 56.7 Å². The van der Waals surface area contributed by atoms with E-state index in [1.165, 1.54) is 0 Å². The molecule has 13 heavy (non-hydrogen) atoms. The van der Waals surface area contributed by atoms with E-state index in [1.54, 1.807) is 0 Å². The monoisotopic (exact) mass is 182 g/mol. The van der Waals surface area contributed by atoms with Crippen LogP contribution < -0.4 is 5.73 Å². The number of rotatable bonds is 5. The quantitative estimate of drug-likeness (QED) is 0.680. The van der Waals surface area contributed by atoms with Crippen LogP contribution in [0.1, 0.15) is 31.4 Å². The van der Waals surface area contributed by atoms with Crippen LogP contribution in [0.25, 0.3) is 0 Å². The molecule has 1 rings (SSSR count). The lowest BCUT2D eigenvalue weighted by Gasteiger charge is -1.97. The molecule has 4 nitrogen and oxygen atoms in total. The van der Waals surface area contributed by atoms with Crippen molar-refractivity contribution in [1.29, 1.82) is 0 Å². The van der Waals surface area contributed by atoms with E-state index in [2.05, 4.69) is 17.0 Å². The molecule has 0 saturated carbocycles. The van der Waals surface area contributed by atoms with Gasteiger partial charge >= 0.3 is 0 Å². The fraction of sp³-hybridized carbons (Fsp3) is 0.778. The molecule has 0 aliphatic rings. The minimum Gasteiger partial charge on any atom is -0.330 e. The fourth-order valence-corrected chi connectivity index (χ4v) is 1.27. The average molecular weight is 182 g/mol. The van der Waals surface area contributed by atoms with Crippen molar-refractivity contribution in [3.8, 4) is 0 Å².